The Kier molecular flexibility index (Phi) is 4.35. The van der Waals surface area contributed by atoms with E-state index in [0.29, 0.717) is 23.8 Å². The molecule has 1 unspecified atom stereocenters. The van der Waals surface area contributed by atoms with Gasteiger partial charge in [-0.1, -0.05) is 0 Å². The van der Waals surface area contributed by atoms with E-state index in [-0.39, 0.29) is 17.5 Å². The number of fused-ring (bicyclic) bond motifs is 1. The molecule has 0 spiro atoms. The van der Waals surface area contributed by atoms with Crippen LogP contribution in [0.15, 0.2) is 58.0 Å². The molecule has 0 bridgehead atoms. The van der Waals surface area contributed by atoms with Gasteiger partial charge in [-0.3, -0.25) is 4.79 Å². The van der Waals surface area contributed by atoms with E-state index in [9.17, 15) is 9.59 Å². The van der Waals surface area contributed by atoms with E-state index in [1.807, 2.05) is 4.90 Å². The first kappa shape index (κ1) is 16.3. The summed E-state index contributed by atoms with van der Waals surface area (Å²) < 4.78 is 5.11. The highest BCUT2D eigenvalue weighted by Gasteiger charge is 2.27. The van der Waals surface area contributed by atoms with Crippen molar-refractivity contribution in [2.45, 2.75) is 12.8 Å². The third-order valence-corrected chi connectivity index (χ3v) is 4.51. The number of carbonyl (C=O) groups is 1. The summed E-state index contributed by atoms with van der Waals surface area (Å²) in [6, 6.07) is 10.1. The summed E-state index contributed by atoms with van der Waals surface area (Å²) in [4.78, 5) is 34.5. The quantitative estimate of drug-likeness (QED) is 0.730. The predicted octanol–water partition coefficient (Wildman–Crippen LogP) is 2.44. The highest BCUT2D eigenvalue weighted by atomic mass is 16.4. The molecule has 26 heavy (non-hydrogen) atoms. The molecular weight excluding hydrogens is 332 g/mol. The summed E-state index contributed by atoms with van der Waals surface area (Å²) in [6.45, 7) is 1.45. The molecule has 3 heterocycles. The molecule has 1 amide bonds. The molecule has 0 aliphatic carbocycles. The second-order valence-corrected chi connectivity index (χ2v) is 6.33. The standard InChI is InChI=1S/C19H18N4O3/c24-17-7-4-13-11-15(5-6-16(13)26-17)22-18(25)14-3-1-10-23(12-14)19-20-8-2-9-21-19/h2,4-9,11,14H,1,3,10,12H2,(H,22,25). The van der Waals surface area contributed by atoms with Crippen molar-refractivity contribution in [3.63, 3.8) is 0 Å². The van der Waals surface area contributed by atoms with Crippen molar-refractivity contribution in [1.82, 2.24) is 9.97 Å². The normalized spacial score (nSPS) is 17.2. The number of nitrogens with one attached hydrogen (secondary N) is 1. The number of benzene rings is 1. The summed E-state index contributed by atoms with van der Waals surface area (Å²) in [5.74, 6) is 0.505. The lowest BCUT2D eigenvalue weighted by Gasteiger charge is -2.31. The van der Waals surface area contributed by atoms with Crippen molar-refractivity contribution in [2.24, 2.45) is 5.92 Å². The Balaban J connectivity index is 1.47. The molecule has 132 valence electrons. The molecule has 0 radical (unpaired) electrons. The molecular formula is C19H18N4O3. The van der Waals surface area contributed by atoms with E-state index in [1.54, 1.807) is 42.7 Å². The fourth-order valence-corrected chi connectivity index (χ4v) is 3.22. The molecule has 1 aliphatic rings. The number of rotatable bonds is 3. The van der Waals surface area contributed by atoms with Crippen LogP contribution in [0.3, 0.4) is 0 Å². The highest BCUT2D eigenvalue weighted by Crippen LogP contribution is 2.23. The monoisotopic (exact) mass is 350 g/mol. The SMILES string of the molecule is O=C(Nc1ccc2oc(=O)ccc2c1)C1CCCN(c2ncccn2)C1. The summed E-state index contributed by atoms with van der Waals surface area (Å²) in [5, 5.41) is 3.73. The molecule has 1 atom stereocenters. The van der Waals surface area contributed by atoms with Gasteiger partial charge in [0.2, 0.25) is 11.9 Å². The van der Waals surface area contributed by atoms with Crippen molar-refractivity contribution >= 4 is 28.5 Å². The Morgan fingerprint density at radius 1 is 1.19 bits per heavy atom. The van der Waals surface area contributed by atoms with Gasteiger partial charge in [0, 0.05) is 42.6 Å². The number of nitrogens with zero attached hydrogens (tertiary/aromatic N) is 3. The molecule has 4 rings (SSSR count). The summed E-state index contributed by atoms with van der Waals surface area (Å²) in [5.41, 5.74) is 0.796. The molecule has 1 aromatic carbocycles. The van der Waals surface area contributed by atoms with Gasteiger partial charge < -0.3 is 14.6 Å². The molecule has 1 N–H and O–H groups in total. The van der Waals surface area contributed by atoms with Gasteiger partial charge in [0.1, 0.15) is 5.58 Å². The first-order chi connectivity index (χ1) is 12.7. The van der Waals surface area contributed by atoms with Gasteiger partial charge in [-0.2, -0.15) is 0 Å². The molecule has 7 heteroatoms. The molecule has 2 aromatic heterocycles. The lowest BCUT2D eigenvalue weighted by atomic mass is 9.97. The summed E-state index contributed by atoms with van der Waals surface area (Å²) >= 11 is 0. The topological polar surface area (TPSA) is 88.3 Å². The zero-order valence-electron chi connectivity index (χ0n) is 14.1. The molecule has 1 fully saturated rings. The second-order valence-electron chi connectivity index (χ2n) is 6.33. The van der Waals surface area contributed by atoms with Crippen LogP contribution in [-0.4, -0.2) is 29.0 Å². The number of piperidine rings is 1. The number of aromatic nitrogens is 2. The van der Waals surface area contributed by atoms with Crippen LogP contribution in [0.5, 0.6) is 0 Å². The minimum Gasteiger partial charge on any atom is -0.423 e. The Morgan fingerprint density at radius 3 is 2.88 bits per heavy atom. The van der Waals surface area contributed by atoms with Gasteiger partial charge in [0.15, 0.2) is 0 Å². The van der Waals surface area contributed by atoms with E-state index >= 15 is 0 Å². The fourth-order valence-electron chi connectivity index (χ4n) is 3.22. The van der Waals surface area contributed by atoms with E-state index in [0.717, 1.165) is 24.8 Å². The van der Waals surface area contributed by atoms with Crippen LogP contribution in [0, 0.1) is 5.92 Å². The Bertz CT molecular complexity index is 987. The number of carbonyl (C=O) groups excluding carboxylic acids is 1. The van der Waals surface area contributed by atoms with Crippen LogP contribution in [0.25, 0.3) is 11.0 Å². The van der Waals surface area contributed by atoms with Gasteiger partial charge in [-0.25, -0.2) is 14.8 Å². The number of hydrogen-bond acceptors (Lipinski definition) is 6. The largest absolute Gasteiger partial charge is 0.423 e. The first-order valence-corrected chi connectivity index (χ1v) is 8.56. The van der Waals surface area contributed by atoms with Gasteiger partial charge in [-0.05, 0) is 43.2 Å². The Morgan fingerprint density at radius 2 is 2.04 bits per heavy atom. The van der Waals surface area contributed by atoms with E-state index in [4.69, 9.17) is 4.42 Å². The van der Waals surface area contributed by atoms with Crippen molar-refractivity contribution in [2.75, 3.05) is 23.3 Å². The smallest absolute Gasteiger partial charge is 0.336 e. The zero-order chi connectivity index (χ0) is 17.9. The molecule has 0 saturated carbocycles. The van der Waals surface area contributed by atoms with E-state index < -0.39 is 0 Å². The van der Waals surface area contributed by atoms with Crippen molar-refractivity contribution in [3.8, 4) is 0 Å². The minimum atomic E-state index is -0.389. The van der Waals surface area contributed by atoms with Crippen LogP contribution in [0.2, 0.25) is 0 Å². The first-order valence-electron chi connectivity index (χ1n) is 8.56. The van der Waals surface area contributed by atoms with Crippen LogP contribution < -0.4 is 15.8 Å². The van der Waals surface area contributed by atoms with Crippen molar-refractivity contribution in [3.05, 3.63) is 59.2 Å². The predicted molar refractivity (Wildman–Crippen MR) is 98.1 cm³/mol. The van der Waals surface area contributed by atoms with Gasteiger partial charge in [0.05, 0.1) is 5.92 Å². The lowest BCUT2D eigenvalue weighted by Crippen LogP contribution is -2.41. The number of hydrogen-bond donors (Lipinski definition) is 1. The molecule has 7 nitrogen and oxygen atoms in total. The summed E-state index contributed by atoms with van der Waals surface area (Å²) in [7, 11) is 0. The van der Waals surface area contributed by atoms with Crippen LogP contribution in [-0.2, 0) is 4.79 Å². The van der Waals surface area contributed by atoms with Gasteiger partial charge >= 0.3 is 5.63 Å². The average molecular weight is 350 g/mol. The fraction of sp³-hybridized carbons (Fsp3) is 0.263. The average Bonchev–Trinajstić information content (AvgIpc) is 2.69. The highest BCUT2D eigenvalue weighted by molar-refractivity contribution is 5.95. The third-order valence-electron chi connectivity index (χ3n) is 4.51. The maximum absolute atomic E-state index is 12.7. The van der Waals surface area contributed by atoms with Gasteiger partial charge in [-0.15, -0.1) is 0 Å². The summed E-state index contributed by atoms with van der Waals surface area (Å²) in [6.07, 6.45) is 5.16. The van der Waals surface area contributed by atoms with E-state index in [1.165, 1.54) is 6.07 Å². The zero-order valence-corrected chi connectivity index (χ0v) is 14.1. The maximum Gasteiger partial charge on any atom is 0.336 e. The van der Waals surface area contributed by atoms with E-state index in [2.05, 4.69) is 15.3 Å². The lowest BCUT2D eigenvalue weighted by molar-refractivity contribution is -0.120. The Labute approximate surface area is 149 Å². The maximum atomic E-state index is 12.7. The van der Waals surface area contributed by atoms with Gasteiger partial charge in [0.25, 0.3) is 0 Å². The number of anilines is 2. The second kappa shape index (κ2) is 6.95. The molecule has 1 aliphatic heterocycles. The molecule has 1 saturated heterocycles. The minimum absolute atomic E-state index is 0.0256. The van der Waals surface area contributed by atoms with Crippen LogP contribution in [0.4, 0.5) is 11.6 Å². The van der Waals surface area contributed by atoms with Crippen molar-refractivity contribution < 1.29 is 9.21 Å². The van der Waals surface area contributed by atoms with Crippen LogP contribution in [0.1, 0.15) is 12.8 Å². The number of amides is 1. The van der Waals surface area contributed by atoms with Crippen molar-refractivity contribution in [1.29, 1.82) is 0 Å². The third kappa shape index (κ3) is 3.42. The molecule has 3 aromatic rings. The Hall–Kier alpha value is -3.22. The van der Waals surface area contributed by atoms with Crippen LogP contribution >= 0.6 is 0 Å².